The zero-order valence-electron chi connectivity index (χ0n) is 7.69. The molecule has 2 rings (SSSR count). The lowest BCUT2D eigenvalue weighted by molar-refractivity contribution is 0.0943. The number of hydrogen-bond acceptors (Lipinski definition) is 3. The molecule has 0 bridgehead atoms. The van der Waals surface area contributed by atoms with Gasteiger partial charge in [0.1, 0.15) is 11.5 Å². The normalized spacial score (nSPS) is 10.4. The van der Waals surface area contributed by atoms with E-state index in [0.717, 1.165) is 5.69 Å². The van der Waals surface area contributed by atoms with Gasteiger partial charge in [0, 0.05) is 12.3 Å². The lowest BCUT2D eigenvalue weighted by Gasteiger charge is -1.99. The molecule has 0 fully saturated rings. The van der Waals surface area contributed by atoms with Gasteiger partial charge < -0.3 is 10.7 Å². The number of nitrogens with two attached hydrogens (primary N) is 1. The van der Waals surface area contributed by atoms with Crippen LogP contribution in [0.25, 0.3) is 0 Å². The number of nitrogens with zero attached hydrogens (tertiary/aromatic N) is 2. The number of hydrogen-bond donors (Lipinski definition) is 2. The summed E-state index contributed by atoms with van der Waals surface area (Å²) in [4.78, 5) is 14.5. The quantitative estimate of drug-likeness (QED) is 0.698. The summed E-state index contributed by atoms with van der Waals surface area (Å²) in [5, 5.41) is 3.99. The Morgan fingerprint density at radius 2 is 2.43 bits per heavy atom. The third-order valence-electron chi connectivity index (χ3n) is 1.88. The van der Waals surface area contributed by atoms with E-state index in [9.17, 15) is 4.79 Å². The molecule has 0 atom stereocenters. The third kappa shape index (κ3) is 1.28. The molecule has 2 heterocycles. The van der Waals surface area contributed by atoms with Crippen molar-refractivity contribution in [2.45, 2.75) is 6.92 Å². The molecule has 0 radical (unpaired) electrons. The van der Waals surface area contributed by atoms with Crippen molar-refractivity contribution in [3.05, 3.63) is 35.8 Å². The van der Waals surface area contributed by atoms with E-state index in [-0.39, 0.29) is 5.91 Å². The maximum atomic E-state index is 11.7. The second kappa shape index (κ2) is 3.02. The second-order valence-corrected chi connectivity index (χ2v) is 3.01. The SMILES string of the molecule is Cc1cc(N)n(C(=O)c2ccc[nH]2)n1. The first-order valence-corrected chi connectivity index (χ1v) is 4.18. The number of aromatic amines is 1. The van der Waals surface area contributed by atoms with Crippen molar-refractivity contribution < 1.29 is 4.79 Å². The molecule has 0 spiro atoms. The number of rotatable bonds is 1. The summed E-state index contributed by atoms with van der Waals surface area (Å²) in [6.45, 7) is 1.79. The maximum Gasteiger partial charge on any atom is 0.296 e. The zero-order valence-corrected chi connectivity index (χ0v) is 7.69. The van der Waals surface area contributed by atoms with Crippen molar-refractivity contribution in [2.75, 3.05) is 5.73 Å². The molecule has 0 aromatic carbocycles. The molecule has 0 saturated carbocycles. The second-order valence-electron chi connectivity index (χ2n) is 3.01. The van der Waals surface area contributed by atoms with Crippen LogP contribution in [0.3, 0.4) is 0 Å². The Bertz CT molecular complexity index is 455. The van der Waals surface area contributed by atoms with E-state index in [0.29, 0.717) is 11.5 Å². The van der Waals surface area contributed by atoms with E-state index >= 15 is 0 Å². The number of H-pyrrole nitrogens is 1. The monoisotopic (exact) mass is 190 g/mol. The van der Waals surface area contributed by atoms with Gasteiger partial charge in [-0.3, -0.25) is 4.79 Å². The lowest BCUT2D eigenvalue weighted by Crippen LogP contribution is -2.16. The van der Waals surface area contributed by atoms with Gasteiger partial charge in [-0.25, -0.2) is 0 Å². The topological polar surface area (TPSA) is 76.7 Å². The van der Waals surface area contributed by atoms with Gasteiger partial charge in [0.2, 0.25) is 0 Å². The fraction of sp³-hybridized carbons (Fsp3) is 0.111. The fourth-order valence-electron chi connectivity index (χ4n) is 1.26. The lowest BCUT2D eigenvalue weighted by atomic mass is 10.4. The van der Waals surface area contributed by atoms with E-state index < -0.39 is 0 Å². The number of aromatic nitrogens is 3. The molecule has 5 nitrogen and oxygen atoms in total. The molecule has 14 heavy (non-hydrogen) atoms. The van der Waals surface area contributed by atoms with Crippen LogP contribution < -0.4 is 5.73 Å². The molecule has 5 heteroatoms. The van der Waals surface area contributed by atoms with Gasteiger partial charge in [-0.15, -0.1) is 0 Å². The van der Waals surface area contributed by atoms with Crippen molar-refractivity contribution in [3.63, 3.8) is 0 Å². The maximum absolute atomic E-state index is 11.7. The van der Waals surface area contributed by atoms with Crippen molar-refractivity contribution in [1.29, 1.82) is 0 Å². The van der Waals surface area contributed by atoms with Gasteiger partial charge in [0.05, 0.1) is 5.69 Å². The zero-order chi connectivity index (χ0) is 10.1. The molecule has 0 saturated heterocycles. The van der Waals surface area contributed by atoms with E-state index in [4.69, 9.17) is 5.73 Å². The van der Waals surface area contributed by atoms with Gasteiger partial charge in [-0.1, -0.05) is 0 Å². The third-order valence-corrected chi connectivity index (χ3v) is 1.88. The minimum Gasteiger partial charge on any atom is -0.383 e. The van der Waals surface area contributed by atoms with Crippen LogP contribution in [0.15, 0.2) is 24.4 Å². The first-order valence-electron chi connectivity index (χ1n) is 4.18. The molecule has 0 amide bonds. The first kappa shape index (κ1) is 8.55. The summed E-state index contributed by atoms with van der Waals surface area (Å²) in [6.07, 6.45) is 1.68. The summed E-state index contributed by atoms with van der Waals surface area (Å²) in [6, 6.07) is 5.08. The highest BCUT2D eigenvalue weighted by molar-refractivity contribution is 5.95. The van der Waals surface area contributed by atoms with Crippen LogP contribution in [0.4, 0.5) is 5.82 Å². The molecule has 72 valence electrons. The van der Waals surface area contributed by atoms with Crippen molar-refractivity contribution in [2.24, 2.45) is 0 Å². The van der Waals surface area contributed by atoms with Gasteiger partial charge in [0.25, 0.3) is 5.91 Å². The minimum absolute atomic E-state index is 0.249. The number of nitrogen functional groups attached to an aromatic ring is 1. The predicted molar refractivity (Wildman–Crippen MR) is 51.9 cm³/mol. The largest absolute Gasteiger partial charge is 0.383 e. The Morgan fingerprint density at radius 1 is 1.64 bits per heavy atom. The Labute approximate surface area is 80.5 Å². The van der Waals surface area contributed by atoms with E-state index in [1.807, 2.05) is 0 Å². The number of carbonyl (C=O) groups excluding carboxylic acids is 1. The summed E-state index contributed by atoms with van der Waals surface area (Å²) in [5.74, 6) is 0.0997. The summed E-state index contributed by atoms with van der Waals surface area (Å²) < 4.78 is 1.18. The van der Waals surface area contributed by atoms with Crippen molar-refractivity contribution >= 4 is 11.7 Å². The Hall–Kier alpha value is -2.04. The van der Waals surface area contributed by atoms with Crippen LogP contribution >= 0.6 is 0 Å². The molecule has 0 aliphatic rings. The van der Waals surface area contributed by atoms with Crippen LogP contribution in [0, 0.1) is 6.92 Å². The van der Waals surface area contributed by atoms with Crippen LogP contribution in [0.1, 0.15) is 16.2 Å². The van der Waals surface area contributed by atoms with E-state index in [1.165, 1.54) is 4.68 Å². The van der Waals surface area contributed by atoms with Crippen LogP contribution in [0.5, 0.6) is 0 Å². The number of carbonyl (C=O) groups is 1. The number of nitrogens with one attached hydrogen (secondary N) is 1. The van der Waals surface area contributed by atoms with Crippen molar-refractivity contribution in [3.8, 4) is 0 Å². The van der Waals surface area contributed by atoms with Gasteiger partial charge in [0.15, 0.2) is 0 Å². The van der Waals surface area contributed by atoms with Gasteiger partial charge in [-0.2, -0.15) is 9.78 Å². The average molecular weight is 190 g/mol. The van der Waals surface area contributed by atoms with Crippen LogP contribution in [-0.2, 0) is 0 Å². The Kier molecular flexibility index (Phi) is 1.85. The highest BCUT2D eigenvalue weighted by Gasteiger charge is 2.13. The average Bonchev–Trinajstić information content (AvgIpc) is 2.73. The number of anilines is 1. The molecule has 2 aromatic heterocycles. The smallest absolute Gasteiger partial charge is 0.296 e. The van der Waals surface area contributed by atoms with Gasteiger partial charge in [-0.05, 0) is 19.1 Å². The van der Waals surface area contributed by atoms with Crippen LogP contribution in [0.2, 0.25) is 0 Å². The molecular formula is C9H10N4O. The summed E-state index contributed by atoms with van der Waals surface area (Å²) in [5.41, 5.74) is 6.81. The molecule has 3 N–H and O–H groups in total. The summed E-state index contributed by atoms with van der Waals surface area (Å²) >= 11 is 0. The predicted octanol–water partition coefficient (Wildman–Crippen LogP) is 0.790. The minimum atomic E-state index is -0.249. The van der Waals surface area contributed by atoms with Crippen LogP contribution in [-0.4, -0.2) is 20.7 Å². The first-order chi connectivity index (χ1) is 6.68. The molecule has 0 unspecified atom stereocenters. The Morgan fingerprint density at radius 3 is 2.93 bits per heavy atom. The highest BCUT2D eigenvalue weighted by Crippen LogP contribution is 2.07. The molecule has 2 aromatic rings. The van der Waals surface area contributed by atoms with Crippen molar-refractivity contribution in [1.82, 2.24) is 14.8 Å². The highest BCUT2D eigenvalue weighted by atomic mass is 16.2. The van der Waals surface area contributed by atoms with E-state index in [2.05, 4.69) is 10.1 Å². The molecule has 0 aliphatic heterocycles. The molecular weight excluding hydrogens is 180 g/mol. The Balaban J connectivity index is 2.41. The standard InChI is InChI=1S/C9H10N4O/c1-6-5-8(10)13(12-6)9(14)7-3-2-4-11-7/h2-5,11H,10H2,1H3. The van der Waals surface area contributed by atoms with E-state index in [1.54, 1.807) is 31.3 Å². The summed E-state index contributed by atoms with van der Waals surface area (Å²) in [7, 11) is 0. The molecule has 0 aliphatic carbocycles. The van der Waals surface area contributed by atoms with Gasteiger partial charge >= 0.3 is 0 Å². The fourth-order valence-corrected chi connectivity index (χ4v) is 1.26. The number of aryl methyl sites for hydroxylation is 1.